The average Bonchev–Trinajstić information content (AvgIpc) is 2.13. The summed E-state index contributed by atoms with van der Waals surface area (Å²) in [4.78, 5) is 22.2. The number of hydrogen-bond acceptors (Lipinski definition) is 3. The third-order valence-corrected chi connectivity index (χ3v) is 1.91. The van der Waals surface area contributed by atoms with Gasteiger partial charge in [0.05, 0.1) is 6.10 Å². The van der Waals surface area contributed by atoms with Crippen LogP contribution in [0.25, 0.3) is 0 Å². The smallest absolute Gasteiger partial charge is 0.348 e. The number of alkyl halides is 1. The summed E-state index contributed by atoms with van der Waals surface area (Å²) in [5.41, 5.74) is 0. The van der Waals surface area contributed by atoms with E-state index in [2.05, 4.69) is 4.74 Å². The van der Waals surface area contributed by atoms with Crippen molar-refractivity contribution in [3.05, 3.63) is 0 Å². The Balaban J connectivity index is 4.24. The van der Waals surface area contributed by atoms with Gasteiger partial charge in [-0.25, -0.2) is 9.18 Å². The van der Waals surface area contributed by atoms with Crippen LogP contribution in [-0.4, -0.2) is 24.0 Å². The molecule has 4 heteroatoms. The van der Waals surface area contributed by atoms with Gasteiger partial charge in [0.1, 0.15) is 0 Å². The van der Waals surface area contributed by atoms with Gasteiger partial charge in [-0.2, -0.15) is 0 Å². The summed E-state index contributed by atoms with van der Waals surface area (Å²) in [5, 5.41) is 0. The van der Waals surface area contributed by atoms with Crippen LogP contribution < -0.4 is 0 Å². The molecule has 0 aromatic heterocycles. The van der Waals surface area contributed by atoms with E-state index in [0.717, 1.165) is 0 Å². The highest BCUT2D eigenvalue weighted by atomic mass is 19.1. The number of halogens is 1. The maximum absolute atomic E-state index is 13.2. The van der Waals surface area contributed by atoms with Crippen molar-refractivity contribution < 1.29 is 18.7 Å². The fraction of sp³-hybridized carbons (Fsp3) is 0.800. The summed E-state index contributed by atoms with van der Waals surface area (Å²) in [6, 6.07) is 0. The van der Waals surface area contributed by atoms with E-state index in [1.165, 1.54) is 0 Å². The number of hydrogen-bond donors (Lipinski definition) is 0. The van der Waals surface area contributed by atoms with Gasteiger partial charge in [0, 0.05) is 5.92 Å². The van der Waals surface area contributed by atoms with Crippen molar-refractivity contribution >= 4 is 11.8 Å². The van der Waals surface area contributed by atoms with Crippen molar-refractivity contribution in [2.24, 2.45) is 5.92 Å². The second kappa shape index (κ2) is 5.73. The number of esters is 1. The largest absolute Gasteiger partial charge is 0.460 e. The van der Waals surface area contributed by atoms with E-state index in [4.69, 9.17) is 0 Å². The molecule has 0 heterocycles. The van der Waals surface area contributed by atoms with Gasteiger partial charge in [-0.15, -0.1) is 0 Å². The minimum absolute atomic E-state index is 0.398. The van der Waals surface area contributed by atoms with Crippen molar-refractivity contribution in [1.29, 1.82) is 0 Å². The Morgan fingerprint density at radius 2 is 1.79 bits per heavy atom. The molecule has 0 aromatic carbocycles. The van der Waals surface area contributed by atoms with Crippen LogP contribution in [0.3, 0.4) is 0 Å². The monoisotopic (exact) mass is 204 g/mol. The third-order valence-electron chi connectivity index (χ3n) is 1.91. The molecule has 0 fully saturated rings. The zero-order valence-electron chi connectivity index (χ0n) is 9.04. The van der Waals surface area contributed by atoms with Gasteiger partial charge in [0.15, 0.2) is 5.78 Å². The zero-order chi connectivity index (χ0) is 11.3. The Morgan fingerprint density at radius 3 is 2.14 bits per heavy atom. The van der Waals surface area contributed by atoms with Gasteiger partial charge in [-0.05, 0) is 20.3 Å². The van der Waals surface area contributed by atoms with E-state index < -0.39 is 29.9 Å². The highest BCUT2D eigenvalue weighted by Crippen LogP contribution is 2.10. The van der Waals surface area contributed by atoms with Crippen molar-refractivity contribution in [3.63, 3.8) is 0 Å². The third kappa shape index (κ3) is 3.85. The molecule has 0 amide bonds. The van der Waals surface area contributed by atoms with Gasteiger partial charge in [0.25, 0.3) is 6.17 Å². The molecule has 2 unspecified atom stereocenters. The summed E-state index contributed by atoms with van der Waals surface area (Å²) in [5.74, 6) is -2.21. The number of Topliss-reactive ketones (excluding diaryl/α,β-unsaturated/α-hetero) is 1. The molecule has 0 aromatic rings. The minimum Gasteiger partial charge on any atom is -0.460 e. The Hall–Kier alpha value is -0.930. The van der Waals surface area contributed by atoms with Crippen molar-refractivity contribution in [1.82, 2.24) is 0 Å². The molecule has 0 aliphatic rings. The van der Waals surface area contributed by atoms with Crippen LogP contribution >= 0.6 is 0 Å². The number of carbonyl (C=O) groups excluding carboxylic acids is 2. The second-order valence-electron chi connectivity index (χ2n) is 3.56. The second-order valence-corrected chi connectivity index (χ2v) is 3.56. The molecule has 0 saturated heterocycles. The normalized spacial score (nSPS) is 15.0. The minimum atomic E-state index is -2.13. The molecule has 0 N–H and O–H groups in total. The number of carbonyl (C=O) groups is 2. The van der Waals surface area contributed by atoms with Crippen LogP contribution in [-0.2, 0) is 14.3 Å². The first-order valence-electron chi connectivity index (χ1n) is 4.78. The predicted molar refractivity (Wildman–Crippen MR) is 50.6 cm³/mol. The van der Waals surface area contributed by atoms with Gasteiger partial charge in [-0.3, -0.25) is 4.79 Å². The number of rotatable bonds is 5. The predicted octanol–water partition coefficient (Wildman–Crippen LogP) is 1.89. The quantitative estimate of drug-likeness (QED) is 0.507. The van der Waals surface area contributed by atoms with Crippen molar-refractivity contribution in [2.75, 3.05) is 0 Å². The lowest BCUT2D eigenvalue weighted by Crippen LogP contribution is -2.33. The molecule has 0 aliphatic carbocycles. The summed E-state index contributed by atoms with van der Waals surface area (Å²) in [7, 11) is 0. The molecule has 3 nitrogen and oxygen atoms in total. The lowest BCUT2D eigenvalue weighted by Gasteiger charge is -2.13. The highest BCUT2D eigenvalue weighted by Gasteiger charge is 2.30. The van der Waals surface area contributed by atoms with E-state index in [9.17, 15) is 14.0 Å². The molecule has 0 radical (unpaired) electrons. The molecule has 0 saturated carbocycles. The van der Waals surface area contributed by atoms with Gasteiger partial charge >= 0.3 is 5.97 Å². The molecule has 14 heavy (non-hydrogen) atoms. The first kappa shape index (κ1) is 13.1. The van der Waals surface area contributed by atoms with Crippen LogP contribution in [0.1, 0.15) is 34.1 Å². The molecule has 0 aliphatic heterocycles. The van der Waals surface area contributed by atoms with E-state index in [-0.39, 0.29) is 0 Å². The molecule has 0 bridgehead atoms. The van der Waals surface area contributed by atoms with Crippen LogP contribution in [0, 0.1) is 5.92 Å². The first-order chi connectivity index (χ1) is 6.40. The standard InChI is InChI=1S/C10H17FO3/c1-5-7(4)9(12)8(11)10(13)14-6(2)3/h6-8H,5H2,1-4H3. The van der Waals surface area contributed by atoms with Crippen LogP contribution in [0.5, 0.6) is 0 Å². The topological polar surface area (TPSA) is 43.4 Å². The highest BCUT2D eigenvalue weighted by molar-refractivity contribution is 6.02. The van der Waals surface area contributed by atoms with E-state index in [1.54, 1.807) is 27.7 Å². The summed E-state index contributed by atoms with van der Waals surface area (Å²) >= 11 is 0. The lowest BCUT2D eigenvalue weighted by atomic mass is 10.0. The van der Waals surface area contributed by atoms with Crippen molar-refractivity contribution in [3.8, 4) is 0 Å². The molecular weight excluding hydrogens is 187 g/mol. The molecule has 0 spiro atoms. The Kier molecular flexibility index (Phi) is 5.35. The van der Waals surface area contributed by atoms with E-state index >= 15 is 0 Å². The molecule has 0 rings (SSSR count). The van der Waals surface area contributed by atoms with Crippen molar-refractivity contribution in [2.45, 2.75) is 46.4 Å². The Labute approximate surface area is 83.6 Å². The van der Waals surface area contributed by atoms with Crippen LogP contribution in [0.2, 0.25) is 0 Å². The number of ketones is 1. The maximum atomic E-state index is 13.2. The fourth-order valence-corrected chi connectivity index (χ4v) is 0.859. The Bertz CT molecular complexity index is 213. The molecular formula is C10H17FO3. The van der Waals surface area contributed by atoms with E-state index in [1.807, 2.05) is 0 Å². The first-order valence-corrected chi connectivity index (χ1v) is 4.78. The molecule has 2 atom stereocenters. The lowest BCUT2D eigenvalue weighted by molar-refractivity contribution is -0.157. The summed E-state index contributed by atoms with van der Waals surface area (Å²) in [6.07, 6.45) is -2.01. The maximum Gasteiger partial charge on any atom is 0.348 e. The SMILES string of the molecule is CCC(C)C(=O)C(F)C(=O)OC(C)C. The Morgan fingerprint density at radius 1 is 1.29 bits per heavy atom. The fourth-order valence-electron chi connectivity index (χ4n) is 0.859. The number of ether oxygens (including phenoxy) is 1. The molecule has 82 valence electrons. The van der Waals surface area contributed by atoms with E-state index in [0.29, 0.717) is 6.42 Å². The zero-order valence-corrected chi connectivity index (χ0v) is 9.04. The van der Waals surface area contributed by atoms with Gasteiger partial charge in [-0.1, -0.05) is 13.8 Å². The summed E-state index contributed by atoms with van der Waals surface area (Å²) < 4.78 is 17.8. The van der Waals surface area contributed by atoms with Gasteiger partial charge in [0.2, 0.25) is 0 Å². The average molecular weight is 204 g/mol. The van der Waals surface area contributed by atoms with Gasteiger partial charge < -0.3 is 4.74 Å². The van der Waals surface area contributed by atoms with Crippen LogP contribution in [0.15, 0.2) is 0 Å². The summed E-state index contributed by atoms with van der Waals surface area (Å²) in [6.45, 7) is 6.58. The van der Waals surface area contributed by atoms with Crippen LogP contribution in [0.4, 0.5) is 4.39 Å².